The van der Waals surface area contributed by atoms with Gasteiger partial charge in [0.15, 0.2) is 5.96 Å². The number of ether oxygens (including phenoxy) is 1. The van der Waals surface area contributed by atoms with E-state index in [2.05, 4.69) is 15.6 Å². The second-order valence-corrected chi connectivity index (χ2v) is 6.59. The monoisotopic (exact) mass is 374 g/mol. The molecule has 2 N–H and O–H groups in total. The smallest absolute Gasteiger partial charge is 0.261 e. The predicted molar refractivity (Wildman–Crippen MR) is 107 cm³/mol. The van der Waals surface area contributed by atoms with Crippen LogP contribution in [-0.4, -0.2) is 57.1 Å². The Morgan fingerprint density at radius 1 is 1.15 bits per heavy atom. The molecule has 0 aliphatic carbocycles. The molecule has 0 fully saturated rings. The summed E-state index contributed by atoms with van der Waals surface area (Å²) in [6, 6.07) is 13.5. The molecule has 0 radical (unpaired) electrons. The number of hydrogen-bond donors (Lipinski definition) is 2. The molecule has 0 spiro atoms. The number of carbonyl (C=O) groups is 1. The second-order valence-electron chi connectivity index (χ2n) is 5.64. The maximum atomic E-state index is 11.8. The molecule has 0 atom stereocenters. The number of carbonyl (C=O) groups excluding carboxylic acids is 1. The number of para-hydroxylation sites is 1. The minimum absolute atomic E-state index is 0.0143. The van der Waals surface area contributed by atoms with E-state index in [0.717, 1.165) is 36.1 Å². The van der Waals surface area contributed by atoms with E-state index in [0.29, 0.717) is 13.2 Å². The van der Waals surface area contributed by atoms with Crippen LogP contribution in [-0.2, 0) is 0 Å². The van der Waals surface area contributed by atoms with Crippen LogP contribution in [0.1, 0.15) is 16.1 Å². The van der Waals surface area contributed by atoms with Crippen molar-refractivity contribution >= 4 is 23.2 Å². The Bertz CT molecular complexity index is 674. The van der Waals surface area contributed by atoms with Crippen LogP contribution in [0.15, 0.2) is 52.8 Å². The third-order valence-electron chi connectivity index (χ3n) is 3.68. The number of nitrogens with one attached hydrogen (secondary N) is 2. The Hall–Kier alpha value is -2.54. The molecule has 1 amide bonds. The number of likely N-dealkylation sites (N-methyl/N-ethyl adjacent to an activating group) is 1. The predicted octanol–water partition coefficient (Wildman–Crippen LogP) is 2.45. The number of guanidine groups is 1. The van der Waals surface area contributed by atoms with Crippen molar-refractivity contribution in [3.8, 4) is 5.75 Å². The molecule has 0 bridgehead atoms. The normalized spacial score (nSPS) is 11.1. The summed E-state index contributed by atoms with van der Waals surface area (Å²) in [6.45, 7) is 2.67. The van der Waals surface area contributed by atoms with E-state index in [1.807, 2.05) is 59.8 Å². The summed E-state index contributed by atoms with van der Waals surface area (Å²) in [6.07, 6.45) is 0.824. The van der Waals surface area contributed by atoms with Crippen molar-refractivity contribution in [2.75, 3.05) is 40.3 Å². The number of hydrogen-bond acceptors (Lipinski definition) is 4. The van der Waals surface area contributed by atoms with Crippen LogP contribution in [0.2, 0.25) is 0 Å². The Morgan fingerprint density at radius 2 is 1.92 bits per heavy atom. The van der Waals surface area contributed by atoms with Crippen LogP contribution < -0.4 is 15.4 Å². The Kier molecular flexibility index (Phi) is 8.48. The fourth-order valence-corrected chi connectivity index (χ4v) is 2.93. The molecule has 1 aromatic carbocycles. The van der Waals surface area contributed by atoms with Gasteiger partial charge in [-0.3, -0.25) is 9.79 Å². The summed E-state index contributed by atoms with van der Waals surface area (Å²) in [4.78, 5) is 18.9. The minimum atomic E-state index is -0.0143. The van der Waals surface area contributed by atoms with Crippen molar-refractivity contribution in [3.63, 3.8) is 0 Å². The number of rotatable bonds is 9. The van der Waals surface area contributed by atoms with Crippen molar-refractivity contribution in [3.05, 3.63) is 52.7 Å². The lowest BCUT2D eigenvalue weighted by Gasteiger charge is -2.22. The van der Waals surface area contributed by atoms with Crippen LogP contribution in [0.3, 0.4) is 0 Å². The lowest BCUT2D eigenvalue weighted by atomic mass is 10.3. The SMILES string of the molecule is CN=C(NCCCNC(=O)c1cccs1)N(C)CCOc1ccccc1. The lowest BCUT2D eigenvalue weighted by Crippen LogP contribution is -2.41. The van der Waals surface area contributed by atoms with E-state index in [4.69, 9.17) is 4.74 Å². The highest BCUT2D eigenvalue weighted by Crippen LogP contribution is 2.08. The van der Waals surface area contributed by atoms with Gasteiger partial charge in [-0.2, -0.15) is 0 Å². The van der Waals surface area contributed by atoms with Crippen LogP contribution in [0, 0.1) is 0 Å². The topological polar surface area (TPSA) is 66.0 Å². The van der Waals surface area contributed by atoms with Crippen molar-refractivity contribution in [2.45, 2.75) is 6.42 Å². The van der Waals surface area contributed by atoms with E-state index in [1.165, 1.54) is 11.3 Å². The first-order valence-electron chi connectivity index (χ1n) is 8.62. The molecule has 2 rings (SSSR count). The van der Waals surface area contributed by atoms with Gasteiger partial charge < -0.3 is 20.3 Å². The summed E-state index contributed by atoms with van der Waals surface area (Å²) in [5.41, 5.74) is 0. The van der Waals surface area contributed by atoms with Gasteiger partial charge in [0.25, 0.3) is 5.91 Å². The fraction of sp³-hybridized carbons (Fsp3) is 0.368. The van der Waals surface area contributed by atoms with Gasteiger partial charge in [0.1, 0.15) is 12.4 Å². The molecule has 26 heavy (non-hydrogen) atoms. The number of thiophene rings is 1. The summed E-state index contributed by atoms with van der Waals surface area (Å²) in [5.74, 6) is 1.66. The molecule has 0 aliphatic rings. The Balaban J connectivity index is 1.59. The standard InChI is InChI=1S/C19H26N4O2S/c1-20-19(23(2)13-14-25-16-8-4-3-5-9-16)22-12-7-11-21-18(24)17-10-6-15-26-17/h3-6,8-10,15H,7,11-14H2,1-2H3,(H,20,22)(H,21,24). The molecule has 0 saturated carbocycles. The van der Waals surface area contributed by atoms with Gasteiger partial charge in [-0.25, -0.2) is 0 Å². The molecule has 6 nitrogen and oxygen atoms in total. The van der Waals surface area contributed by atoms with Crippen LogP contribution in [0.25, 0.3) is 0 Å². The largest absolute Gasteiger partial charge is 0.492 e. The van der Waals surface area contributed by atoms with Crippen molar-refractivity contribution < 1.29 is 9.53 Å². The number of amides is 1. The van der Waals surface area contributed by atoms with Crippen LogP contribution >= 0.6 is 11.3 Å². The molecule has 0 aliphatic heterocycles. The third kappa shape index (κ3) is 6.76. The first-order chi connectivity index (χ1) is 12.7. The zero-order valence-electron chi connectivity index (χ0n) is 15.3. The molecule has 0 unspecified atom stereocenters. The zero-order chi connectivity index (χ0) is 18.6. The molecular weight excluding hydrogens is 348 g/mol. The van der Waals surface area contributed by atoms with E-state index in [1.54, 1.807) is 7.05 Å². The van der Waals surface area contributed by atoms with Gasteiger partial charge in [-0.15, -0.1) is 11.3 Å². The number of nitrogens with zero attached hydrogens (tertiary/aromatic N) is 2. The molecule has 1 heterocycles. The molecular formula is C19H26N4O2S. The second kappa shape index (κ2) is 11.1. The maximum Gasteiger partial charge on any atom is 0.261 e. The summed E-state index contributed by atoms with van der Waals surface area (Å²) in [7, 11) is 3.73. The van der Waals surface area contributed by atoms with E-state index < -0.39 is 0 Å². The Morgan fingerprint density at radius 3 is 2.62 bits per heavy atom. The highest BCUT2D eigenvalue weighted by molar-refractivity contribution is 7.12. The average Bonchev–Trinajstić information content (AvgIpc) is 3.20. The van der Waals surface area contributed by atoms with Crippen LogP contribution in [0.5, 0.6) is 5.75 Å². The lowest BCUT2D eigenvalue weighted by molar-refractivity contribution is 0.0957. The van der Waals surface area contributed by atoms with Gasteiger partial charge in [0.05, 0.1) is 11.4 Å². The minimum Gasteiger partial charge on any atom is -0.492 e. The van der Waals surface area contributed by atoms with Crippen molar-refractivity contribution in [1.82, 2.24) is 15.5 Å². The molecule has 7 heteroatoms. The van der Waals surface area contributed by atoms with Gasteiger partial charge >= 0.3 is 0 Å². The molecule has 2 aromatic rings. The van der Waals surface area contributed by atoms with E-state index in [-0.39, 0.29) is 5.91 Å². The Labute approximate surface area is 158 Å². The van der Waals surface area contributed by atoms with E-state index in [9.17, 15) is 4.79 Å². The van der Waals surface area contributed by atoms with Crippen molar-refractivity contribution in [1.29, 1.82) is 0 Å². The summed E-state index contributed by atoms with van der Waals surface area (Å²) in [5, 5.41) is 8.12. The maximum absolute atomic E-state index is 11.8. The van der Waals surface area contributed by atoms with E-state index >= 15 is 0 Å². The van der Waals surface area contributed by atoms with Gasteiger partial charge in [-0.1, -0.05) is 24.3 Å². The van der Waals surface area contributed by atoms with Crippen molar-refractivity contribution in [2.24, 2.45) is 4.99 Å². The highest BCUT2D eigenvalue weighted by atomic mass is 32.1. The summed E-state index contributed by atoms with van der Waals surface area (Å²) < 4.78 is 5.71. The quantitative estimate of drug-likeness (QED) is 0.402. The van der Waals surface area contributed by atoms with Gasteiger partial charge in [0, 0.05) is 27.2 Å². The molecule has 140 valence electrons. The van der Waals surface area contributed by atoms with Gasteiger partial charge in [-0.05, 0) is 30.0 Å². The first-order valence-corrected chi connectivity index (χ1v) is 9.50. The molecule has 0 saturated heterocycles. The summed E-state index contributed by atoms with van der Waals surface area (Å²) >= 11 is 1.45. The number of aliphatic imine (C=N–C) groups is 1. The molecule has 1 aromatic heterocycles. The fourth-order valence-electron chi connectivity index (χ4n) is 2.29. The third-order valence-corrected chi connectivity index (χ3v) is 4.55. The van der Waals surface area contributed by atoms with Gasteiger partial charge in [0.2, 0.25) is 0 Å². The first kappa shape index (κ1) is 19.8. The van der Waals surface area contributed by atoms with Crippen LogP contribution in [0.4, 0.5) is 0 Å². The highest BCUT2D eigenvalue weighted by Gasteiger charge is 2.07. The number of benzene rings is 1. The average molecular weight is 375 g/mol. The zero-order valence-corrected chi connectivity index (χ0v) is 16.1.